The smallest absolute Gasteiger partial charge is 0.329 e. The molecule has 0 radical (unpaired) electrons. The molecule has 0 bridgehead atoms. The number of benzene rings is 3. The number of carbonyl (C=O) groups is 3. The van der Waals surface area contributed by atoms with Gasteiger partial charge in [-0.25, -0.2) is 9.69 Å². The molecule has 1 heterocycles. The van der Waals surface area contributed by atoms with Crippen molar-refractivity contribution in [3.8, 4) is 11.5 Å². The molecule has 1 fully saturated rings. The molecule has 1 saturated heterocycles. The molecule has 4 amide bonds. The SMILES string of the molecule is CCOc1cc(/C=C2/NC(=O)N(CC(=O)Nc3ccccc3CC)C2=O)cc(Br)c1OCc1ccc(I)cc1. The Bertz CT molecular complexity index is 1420. The average molecular weight is 704 g/mol. The van der Waals surface area contributed by atoms with E-state index in [2.05, 4.69) is 49.2 Å². The van der Waals surface area contributed by atoms with Crippen molar-refractivity contribution in [3.63, 3.8) is 0 Å². The fourth-order valence-corrected chi connectivity index (χ4v) is 4.91. The van der Waals surface area contributed by atoms with Gasteiger partial charge in [-0.2, -0.15) is 0 Å². The summed E-state index contributed by atoms with van der Waals surface area (Å²) in [6.45, 7) is 4.21. The van der Waals surface area contributed by atoms with Crippen LogP contribution in [0.1, 0.15) is 30.5 Å². The van der Waals surface area contributed by atoms with Crippen molar-refractivity contribution in [3.05, 3.63) is 91.1 Å². The number of urea groups is 1. The Hall–Kier alpha value is -3.38. The number of carbonyl (C=O) groups excluding carboxylic acids is 3. The Labute approximate surface area is 249 Å². The molecule has 3 aromatic carbocycles. The summed E-state index contributed by atoms with van der Waals surface area (Å²) in [7, 11) is 0. The van der Waals surface area contributed by atoms with Crippen LogP contribution in [-0.4, -0.2) is 35.9 Å². The van der Waals surface area contributed by atoms with E-state index < -0.39 is 24.4 Å². The van der Waals surface area contributed by atoms with Gasteiger partial charge in [0.1, 0.15) is 18.8 Å². The number of aryl methyl sites for hydroxylation is 1. The Morgan fingerprint density at radius 2 is 1.82 bits per heavy atom. The number of nitrogens with one attached hydrogen (secondary N) is 2. The van der Waals surface area contributed by atoms with Crippen LogP contribution in [0.25, 0.3) is 6.08 Å². The standard InChI is InChI=1S/C29H27BrIN3O5/c1-3-20-7-5-6-8-23(20)32-26(35)16-34-28(36)24(33-29(34)37)14-19-13-22(30)27(25(15-19)38-4-2)39-17-18-9-11-21(31)12-10-18/h5-15H,3-4,16-17H2,1-2H3,(H,32,35)(H,33,37)/b24-14+. The zero-order chi connectivity index (χ0) is 27.9. The minimum Gasteiger partial charge on any atom is -0.490 e. The maximum Gasteiger partial charge on any atom is 0.329 e. The number of nitrogens with zero attached hydrogens (tertiary/aromatic N) is 1. The monoisotopic (exact) mass is 703 g/mol. The summed E-state index contributed by atoms with van der Waals surface area (Å²) in [6.07, 6.45) is 2.28. The molecule has 202 valence electrons. The highest BCUT2D eigenvalue weighted by Gasteiger charge is 2.35. The molecule has 0 aliphatic carbocycles. The van der Waals surface area contributed by atoms with Gasteiger partial charge in [0.2, 0.25) is 5.91 Å². The van der Waals surface area contributed by atoms with Crippen molar-refractivity contribution in [1.82, 2.24) is 10.2 Å². The van der Waals surface area contributed by atoms with Crippen LogP contribution in [0, 0.1) is 3.57 Å². The molecule has 0 spiro atoms. The van der Waals surface area contributed by atoms with Crippen molar-refractivity contribution in [2.45, 2.75) is 26.9 Å². The second-order valence-corrected chi connectivity index (χ2v) is 10.7. The molecular weight excluding hydrogens is 677 g/mol. The minimum absolute atomic E-state index is 0.0589. The molecule has 39 heavy (non-hydrogen) atoms. The van der Waals surface area contributed by atoms with Gasteiger partial charge in [0.05, 0.1) is 11.1 Å². The van der Waals surface area contributed by atoms with Crippen molar-refractivity contribution < 1.29 is 23.9 Å². The second-order valence-electron chi connectivity index (χ2n) is 8.62. The predicted molar refractivity (Wildman–Crippen MR) is 161 cm³/mol. The molecule has 0 unspecified atom stereocenters. The molecule has 8 nitrogen and oxygen atoms in total. The molecule has 4 rings (SSSR count). The first-order chi connectivity index (χ1) is 18.8. The summed E-state index contributed by atoms with van der Waals surface area (Å²) in [5.41, 5.74) is 3.30. The van der Waals surface area contributed by atoms with Crippen LogP contribution in [0.3, 0.4) is 0 Å². The maximum absolute atomic E-state index is 13.0. The lowest BCUT2D eigenvalue weighted by atomic mass is 10.1. The van der Waals surface area contributed by atoms with E-state index in [0.717, 1.165) is 26.0 Å². The molecule has 3 aromatic rings. The van der Waals surface area contributed by atoms with Gasteiger partial charge in [-0.15, -0.1) is 0 Å². The summed E-state index contributed by atoms with van der Waals surface area (Å²) in [5.74, 6) is -0.0273. The van der Waals surface area contributed by atoms with E-state index in [1.807, 2.05) is 56.3 Å². The van der Waals surface area contributed by atoms with Gasteiger partial charge in [-0.1, -0.05) is 37.3 Å². The van der Waals surface area contributed by atoms with Crippen LogP contribution in [0.2, 0.25) is 0 Å². The summed E-state index contributed by atoms with van der Waals surface area (Å²) in [6, 6.07) is 18.3. The predicted octanol–water partition coefficient (Wildman–Crippen LogP) is 6.13. The normalized spacial score (nSPS) is 13.9. The summed E-state index contributed by atoms with van der Waals surface area (Å²) < 4.78 is 13.6. The molecule has 0 saturated carbocycles. The largest absolute Gasteiger partial charge is 0.490 e. The van der Waals surface area contributed by atoms with Crippen LogP contribution < -0.4 is 20.1 Å². The second kappa shape index (κ2) is 13.1. The van der Waals surface area contributed by atoms with Crippen LogP contribution in [0.15, 0.2) is 70.8 Å². The van der Waals surface area contributed by atoms with E-state index in [1.165, 1.54) is 0 Å². The van der Waals surface area contributed by atoms with Gasteiger partial charge in [0.15, 0.2) is 11.5 Å². The molecule has 1 aliphatic heterocycles. The third-order valence-corrected chi connectivity index (χ3v) is 7.18. The lowest BCUT2D eigenvalue weighted by molar-refractivity contribution is -0.127. The topological polar surface area (TPSA) is 97.0 Å². The summed E-state index contributed by atoms with van der Waals surface area (Å²) in [4.78, 5) is 39.1. The zero-order valence-electron chi connectivity index (χ0n) is 21.4. The number of imide groups is 1. The van der Waals surface area contributed by atoms with Crippen molar-refractivity contribution >= 4 is 68.1 Å². The van der Waals surface area contributed by atoms with Gasteiger partial charge in [0, 0.05) is 9.26 Å². The molecule has 2 N–H and O–H groups in total. The first-order valence-corrected chi connectivity index (χ1v) is 14.2. The van der Waals surface area contributed by atoms with E-state index in [4.69, 9.17) is 9.47 Å². The van der Waals surface area contributed by atoms with Gasteiger partial charge in [-0.05, 0) is 105 Å². The van der Waals surface area contributed by atoms with Gasteiger partial charge in [0.25, 0.3) is 5.91 Å². The zero-order valence-corrected chi connectivity index (χ0v) is 25.2. The first-order valence-electron chi connectivity index (χ1n) is 12.3. The van der Waals surface area contributed by atoms with E-state index in [-0.39, 0.29) is 5.70 Å². The number of hydrogen-bond acceptors (Lipinski definition) is 5. The van der Waals surface area contributed by atoms with Crippen molar-refractivity contribution in [2.24, 2.45) is 0 Å². The number of ether oxygens (including phenoxy) is 2. The van der Waals surface area contributed by atoms with Crippen molar-refractivity contribution in [2.75, 3.05) is 18.5 Å². The number of para-hydroxylation sites is 1. The lowest BCUT2D eigenvalue weighted by Gasteiger charge is -2.15. The van der Waals surface area contributed by atoms with Gasteiger partial charge >= 0.3 is 6.03 Å². The van der Waals surface area contributed by atoms with Gasteiger partial charge in [-0.3, -0.25) is 9.59 Å². The summed E-state index contributed by atoms with van der Waals surface area (Å²) >= 11 is 5.80. The highest BCUT2D eigenvalue weighted by atomic mass is 127. The molecule has 0 aromatic heterocycles. The third-order valence-electron chi connectivity index (χ3n) is 5.88. The molecule has 0 atom stereocenters. The number of rotatable bonds is 10. The number of amides is 4. The quantitative estimate of drug-likeness (QED) is 0.151. The summed E-state index contributed by atoms with van der Waals surface area (Å²) in [5, 5.41) is 5.35. The van der Waals surface area contributed by atoms with E-state index in [1.54, 1.807) is 24.3 Å². The Morgan fingerprint density at radius 3 is 2.54 bits per heavy atom. The number of hydrogen-bond donors (Lipinski definition) is 2. The van der Waals surface area contributed by atoms with Crippen LogP contribution in [-0.2, 0) is 22.6 Å². The van der Waals surface area contributed by atoms with E-state index in [0.29, 0.717) is 40.4 Å². The van der Waals surface area contributed by atoms with Crippen LogP contribution in [0.5, 0.6) is 11.5 Å². The number of halogens is 2. The van der Waals surface area contributed by atoms with Crippen LogP contribution in [0.4, 0.5) is 10.5 Å². The minimum atomic E-state index is -0.660. The molecule has 10 heteroatoms. The molecular formula is C29H27BrIN3O5. The fraction of sp³-hybridized carbons (Fsp3) is 0.207. The fourth-order valence-electron chi connectivity index (χ4n) is 3.98. The highest BCUT2D eigenvalue weighted by Crippen LogP contribution is 2.38. The van der Waals surface area contributed by atoms with Crippen molar-refractivity contribution in [1.29, 1.82) is 0 Å². The Kier molecular flexibility index (Phi) is 9.63. The van der Waals surface area contributed by atoms with E-state index in [9.17, 15) is 14.4 Å². The van der Waals surface area contributed by atoms with Gasteiger partial charge < -0.3 is 20.1 Å². The maximum atomic E-state index is 13.0. The number of anilines is 1. The lowest BCUT2D eigenvalue weighted by Crippen LogP contribution is -2.38. The van der Waals surface area contributed by atoms with E-state index >= 15 is 0 Å². The Balaban J connectivity index is 1.49. The average Bonchev–Trinajstić information content (AvgIpc) is 3.16. The highest BCUT2D eigenvalue weighted by molar-refractivity contribution is 14.1. The first kappa shape index (κ1) is 28.6. The Morgan fingerprint density at radius 1 is 1.08 bits per heavy atom. The molecule has 1 aliphatic rings. The third kappa shape index (κ3) is 7.18. The van der Waals surface area contributed by atoms with Crippen LogP contribution >= 0.6 is 38.5 Å².